The lowest BCUT2D eigenvalue weighted by atomic mass is 10.1. The Bertz CT molecular complexity index is 524. The van der Waals surface area contributed by atoms with Gasteiger partial charge in [-0.15, -0.1) is 11.3 Å². The van der Waals surface area contributed by atoms with E-state index < -0.39 is 0 Å². The van der Waals surface area contributed by atoms with Crippen LogP contribution in [0.2, 0.25) is 0 Å². The molecule has 96 valence electrons. The van der Waals surface area contributed by atoms with Crippen LogP contribution in [0.1, 0.15) is 36.4 Å². The number of thiophene rings is 1. The summed E-state index contributed by atoms with van der Waals surface area (Å²) in [6.07, 6.45) is 0. The van der Waals surface area contributed by atoms with Gasteiger partial charge in [0, 0.05) is 21.4 Å². The molecular formula is C14H15Br2NS. The summed E-state index contributed by atoms with van der Waals surface area (Å²) in [6, 6.07) is 13.3. The normalized spacial score (nSPS) is 14.4. The molecule has 0 saturated carbocycles. The molecule has 0 aliphatic heterocycles. The van der Waals surface area contributed by atoms with Gasteiger partial charge >= 0.3 is 0 Å². The monoisotopic (exact) mass is 387 g/mol. The predicted molar refractivity (Wildman–Crippen MR) is 86.1 cm³/mol. The molecule has 0 radical (unpaired) electrons. The van der Waals surface area contributed by atoms with Gasteiger partial charge in [0.2, 0.25) is 0 Å². The second-order valence-corrected chi connectivity index (χ2v) is 7.62. The predicted octanol–water partition coefficient (Wildman–Crippen LogP) is 5.68. The lowest BCUT2D eigenvalue weighted by Crippen LogP contribution is -2.22. The Morgan fingerprint density at radius 3 is 2.33 bits per heavy atom. The van der Waals surface area contributed by atoms with Crippen LogP contribution >= 0.6 is 43.2 Å². The highest BCUT2D eigenvalue weighted by Crippen LogP contribution is 2.30. The van der Waals surface area contributed by atoms with Crippen LogP contribution in [0.3, 0.4) is 0 Å². The average Bonchev–Trinajstić information content (AvgIpc) is 2.76. The quantitative estimate of drug-likeness (QED) is 0.709. The number of benzene rings is 1. The van der Waals surface area contributed by atoms with E-state index in [1.807, 2.05) is 6.07 Å². The van der Waals surface area contributed by atoms with Crippen LogP contribution in [-0.4, -0.2) is 0 Å². The van der Waals surface area contributed by atoms with Gasteiger partial charge in [0.1, 0.15) is 0 Å². The molecule has 4 heteroatoms. The molecule has 0 spiro atoms. The number of hydrogen-bond acceptors (Lipinski definition) is 2. The topological polar surface area (TPSA) is 12.0 Å². The molecule has 2 aromatic rings. The first-order valence-electron chi connectivity index (χ1n) is 5.83. The molecule has 2 unspecified atom stereocenters. The Hall–Kier alpha value is -0.160. The highest BCUT2D eigenvalue weighted by molar-refractivity contribution is 9.11. The molecule has 0 amide bonds. The van der Waals surface area contributed by atoms with Crippen molar-refractivity contribution in [1.29, 1.82) is 0 Å². The third-order valence-electron chi connectivity index (χ3n) is 2.89. The summed E-state index contributed by atoms with van der Waals surface area (Å²) in [4.78, 5) is 1.35. The van der Waals surface area contributed by atoms with E-state index >= 15 is 0 Å². The van der Waals surface area contributed by atoms with Crippen molar-refractivity contribution in [3.63, 3.8) is 0 Å². The van der Waals surface area contributed by atoms with Crippen molar-refractivity contribution >= 4 is 43.2 Å². The maximum atomic E-state index is 3.63. The fraction of sp³-hybridized carbons (Fsp3) is 0.286. The molecule has 0 bridgehead atoms. The summed E-state index contributed by atoms with van der Waals surface area (Å²) >= 11 is 8.89. The summed E-state index contributed by atoms with van der Waals surface area (Å²) in [7, 11) is 0. The minimum atomic E-state index is 0.316. The zero-order valence-electron chi connectivity index (χ0n) is 10.3. The lowest BCUT2D eigenvalue weighted by Gasteiger charge is -2.20. The van der Waals surface area contributed by atoms with E-state index in [0.717, 1.165) is 4.47 Å². The molecule has 0 aliphatic rings. The van der Waals surface area contributed by atoms with E-state index in [0.29, 0.717) is 12.1 Å². The molecule has 1 N–H and O–H groups in total. The molecule has 0 fully saturated rings. The average molecular weight is 389 g/mol. The van der Waals surface area contributed by atoms with E-state index in [-0.39, 0.29) is 0 Å². The maximum Gasteiger partial charge on any atom is 0.0701 e. The van der Waals surface area contributed by atoms with Crippen molar-refractivity contribution in [2.24, 2.45) is 0 Å². The van der Waals surface area contributed by atoms with Gasteiger partial charge < -0.3 is 5.32 Å². The number of hydrogen-bond donors (Lipinski definition) is 1. The second-order valence-electron chi connectivity index (χ2n) is 4.27. The standard InChI is InChI=1S/C14H15Br2NS/c1-9(11-5-3-4-6-12(11)15)17-10(2)13-7-8-14(16)18-13/h3-10,17H,1-2H3. The third kappa shape index (κ3) is 3.44. The summed E-state index contributed by atoms with van der Waals surface area (Å²) in [5.41, 5.74) is 1.29. The van der Waals surface area contributed by atoms with Gasteiger partial charge in [-0.05, 0) is 53.5 Å². The first kappa shape index (κ1) is 14.3. The summed E-state index contributed by atoms with van der Waals surface area (Å²) < 4.78 is 2.34. The first-order valence-corrected chi connectivity index (χ1v) is 8.24. The largest absolute Gasteiger partial charge is 0.303 e. The SMILES string of the molecule is CC(NC(C)c1ccccc1Br)c1ccc(Br)s1. The van der Waals surface area contributed by atoms with Gasteiger partial charge in [0.05, 0.1) is 3.79 Å². The van der Waals surface area contributed by atoms with Crippen LogP contribution < -0.4 is 5.32 Å². The van der Waals surface area contributed by atoms with Crippen molar-refractivity contribution in [3.05, 3.63) is 55.1 Å². The maximum absolute atomic E-state index is 3.63. The molecule has 2 rings (SSSR count). The highest BCUT2D eigenvalue weighted by atomic mass is 79.9. The number of halogens is 2. The minimum absolute atomic E-state index is 0.316. The first-order chi connectivity index (χ1) is 8.58. The number of nitrogens with one attached hydrogen (secondary N) is 1. The fourth-order valence-electron chi connectivity index (χ4n) is 1.93. The molecule has 1 heterocycles. The van der Waals surface area contributed by atoms with E-state index in [1.54, 1.807) is 11.3 Å². The molecular weight excluding hydrogens is 374 g/mol. The van der Waals surface area contributed by atoms with Crippen LogP contribution in [0, 0.1) is 0 Å². The van der Waals surface area contributed by atoms with Gasteiger partial charge in [-0.1, -0.05) is 34.1 Å². The minimum Gasteiger partial charge on any atom is -0.303 e. The van der Waals surface area contributed by atoms with Crippen LogP contribution in [-0.2, 0) is 0 Å². The third-order valence-corrected chi connectivity index (χ3v) is 5.42. The van der Waals surface area contributed by atoms with Crippen molar-refractivity contribution < 1.29 is 0 Å². The zero-order chi connectivity index (χ0) is 13.1. The molecule has 1 aromatic carbocycles. The smallest absolute Gasteiger partial charge is 0.0701 e. The molecule has 0 saturated heterocycles. The van der Waals surface area contributed by atoms with Gasteiger partial charge in [-0.3, -0.25) is 0 Å². The molecule has 2 atom stereocenters. The summed E-state index contributed by atoms with van der Waals surface area (Å²) in [6.45, 7) is 4.39. The van der Waals surface area contributed by atoms with Gasteiger partial charge in [0.15, 0.2) is 0 Å². The molecule has 1 nitrogen and oxygen atoms in total. The van der Waals surface area contributed by atoms with Crippen molar-refractivity contribution in [3.8, 4) is 0 Å². The summed E-state index contributed by atoms with van der Waals surface area (Å²) in [5.74, 6) is 0. The molecule has 1 aromatic heterocycles. The van der Waals surface area contributed by atoms with Crippen LogP contribution in [0.4, 0.5) is 0 Å². The second kappa shape index (κ2) is 6.33. The van der Waals surface area contributed by atoms with E-state index in [2.05, 4.69) is 81.4 Å². The number of rotatable bonds is 4. The Kier molecular flexibility index (Phi) is 5.01. The Balaban J connectivity index is 2.08. The van der Waals surface area contributed by atoms with Gasteiger partial charge in [-0.2, -0.15) is 0 Å². The fourth-order valence-corrected chi connectivity index (χ4v) is 4.00. The van der Waals surface area contributed by atoms with Crippen molar-refractivity contribution in [2.45, 2.75) is 25.9 Å². The van der Waals surface area contributed by atoms with Gasteiger partial charge in [0.25, 0.3) is 0 Å². The van der Waals surface area contributed by atoms with E-state index in [9.17, 15) is 0 Å². The Morgan fingerprint density at radius 1 is 1.00 bits per heavy atom. The molecule has 0 aliphatic carbocycles. The van der Waals surface area contributed by atoms with E-state index in [4.69, 9.17) is 0 Å². The van der Waals surface area contributed by atoms with Crippen LogP contribution in [0.25, 0.3) is 0 Å². The van der Waals surface area contributed by atoms with Crippen LogP contribution in [0.15, 0.2) is 44.7 Å². The highest BCUT2D eigenvalue weighted by Gasteiger charge is 2.14. The van der Waals surface area contributed by atoms with E-state index in [1.165, 1.54) is 14.2 Å². The summed E-state index contributed by atoms with van der Waals surface area (Å²) in [5, 5.41) is 3.63. The van der Waals surface area contributed by atoms with Crippen molar-refractivity contribution in [1.82, 2.24) is 5.32 Å². The van der Waals surface area contributed by atoms with Gasteiger partial charge in [-0.25, -0.2) is 0 Å². The van der Waals surface area contributed by atoms with Crippen molar-refractivity contribution in [2.75, 3.05) is 0 Å². The van der Waals surface area contributed by atoms with Crippen LogP contribution in [0.5, 0.6) is 0 Å². The Morgan fingerprint density at radius 2 is 1.72 bits per heavy atom. The molecule has 18 heavy (non-hydrogen) atoms. The lowest BCUT2D eigenvalue weighted by molar-refractivity contribution is 0.499. The zero-order valence-corrected chi connectivity index (χ0v) is 14.3. The Labute approximate surface area is 129 Å².